The molecule has 2 saturated heterocycles. The quantitative estimate of drug-likeness (QED) is 0.494. The van der Waals surface area contributed by atoms with E-state index >= 15 is 0 Å². The van der Waals surface area contributed by atoms with Crippen molar-refractivity contribution in [3.8, 4) is 0 Å². The molecule has 7 nitrogen and oxygen atoms in total. The van der Waals surface area contributed by atoms with Gasteiger partial charge < -0.3 is 9.80 Å². The lowest BCUT2D eigenvalue weighted by Crippen LogP contribution is -2.37. The van der Waals surface area contributed by atoms with Crippen molar-refractivity contribution in [1.82, 2.24) is 24.6 Å². The molecule has 2 unspecified atom stereocenters. The molecule has 3 aliphatic rings. The summed E-state index contributed by atoms with van der Waals surface area (Å²) < 4.78 is 2.21. The van der Waals surface area contributed by atoms with Gasteiger partial charge in [-0.1, -0.05) is 44.2 Å². The smallest absolute Gasteiger partial charge is 0.257 e. The first-order valence-electron chi connectivity index (χ1n) is 13.0. The van der Waals surface area contributed by atoms with E-state index in [1.165, 1.54) is 5.56 Å². The Hall–Kier alpha value is -2.93. The van der Waals surface area contributed by atoms with Crippen LogP contribution in [0.5, 0.6) is 0 Å². The predicted octanol–water partition coefficient (Wildman–Crippen LogP) is 4.86. The molecule has 3 aromatic rings. The number of carbonyl (C=O) groups is 1. The average Bonchev–Trinajstić information content (AvgIpc) is 3.30. The Morgan fingerprint density at radius 2 is 1.69 bits per heavy atom. The fourth-order valence-electron chi connectivity index (χ4n) is 6.02. The second-order valence-corrected chi connectivity index (χ2v) is 10.9. The van der Waals surface area contributed by atoms with Gasteiger partial charge in [-0.05, 0) is 43.2 Å². The van der Waals surface area contributed by atoms with Crippen molar-refractivity contribution >= 4 is 24.3 Å². The molecule has 1 saturated carbocycles. The van der Waals surface area contributed by atoms with Crippen LogP contribution in [0.2, 0.25) is 0 Å². The predicted molar refractivity (Wildman–Crippen MR) is 143 cm³/mol. The van der Waals surface area contributed by atoms with Crippen LogP contribution in [0, 0.1) is 5.92 Å². The lowest BCUT2D eigenvalue weighted by Gasteiger charge is -2.33. The second-order valence-electron chi connectivity index (χ2n) is 10.9. The number of piperidine rings is 1. The van der Waals surface area contributed by atoms with Crippen LogP contribution < -0.4 is 4.90 Å². The number of halogens is 1. The molecule has 2 atom stereocenters. The number of hydrogen-bond acceptors (Lipinski definition) is 5. The Morgan fingerprint density at radius 3 is 2.36 bits per heavy atom. The van der Waals surface area contributed by atoms with Crippen molar-refractivity contribution < 1.29 is 4.79 Å². The minimum Gasteiger partial charge on any atom is -0.341 e. The molecule has 6 rings (SSSR count). The van der Waals surface area contributed by atoms with E-state index in [0.29, 0.717) is 17.9 Å². The SMILES string of the molecule is CC1CN(C(=O)c2cnn(C3CCN(c4ncccn4)CC3)c2C2(C)CC2)CC1c1ccccc1.Cl. The molecule has 190 valence electrons. The maximum absolute atomic E-state index is 13.8. The van der Waals surface area contributed by atoms with Crippen molar-refractivity contribution in [2.45, 2.75) is 56.9 Å². The summed E-state index contributed by atoms with van der Waals surface area (Å²) in [5.41, 5.74) is 3.37. The highest BCUT2D eigenvalue weighted by Gasteiger charge is 2.47. The van der Waals surface area contributed by atoms with Gasteiger partial charge in [0.05, 0.1) is 23.5 Å². The maximum atomic E-state index is 13.8. The third-order valence-corrected chi connectivity index (χ3v) is 8.37. The van der Waals surface area contributed by atoms with Crippen LogP contribution >= 0.6 is 12.4 Å². The van der Waals surface area contributed by atoms with Gasteiger partial charge in [-0.2, -0.15) is 5.10 Å². The molecular weight excluding hydrogens is 472 g/mol. The number of nitrogens with zero attached hydrogens (tertiary/aromatic N) is 6. The Kier molecular flexibility index (Phi) is 6.77. The number of amides is 1. The van der Waals surface area contributed by atoms with E-state index in [1.54, 1.807) is 12.4 Å². The fourth-order valence-corrected chi connectivity index (χ4v) is 6.02. The van der Waals surface area contributed by atoms with E-state index in [1.807, 2.05) is 12.3 Å². The summed E-state index contributed by atoms with van der Waals surface area (Å²) in [4.78, 5) is 27.0. The molecule has 1 aromatic carbocycles. The van der Waals surface area contributed by atoms with Crippen molar-refractivity contribution in [3.05, 3.63) is 71.8 Å². The van der Waals surface area contributed by atoms with Crippen LogP contribution in [0.25, 0.3) is 0 Å². The first-order chi connectivity index (χ1) is 17.0. The van der Waals surface area contributed by atoms with Gasteiger partial charge in [0.15, 0.2) is 0 Å². The number of hydrogen-bond donors (Lipinski definition) is 0. The van der Waals surface area contributed by atoms with Gasteiger partial charge >= 0.3 is 0 Å². The Morgan fingerprint density at radius 1 is 1.00 bits per heavy atom. The summed E-state index contributed by atoms with van der Waals surface area (Å²) in [6.07, 6.45) is 9.66. The van der Waals surface area contributed by atoms with Gasteiger partial charge in [-0.3, -0.25) is 9.48 Å². The summed E-state index contributed by atoms with van der Waals surface area (Å²) in [5, 5.41) is 4.85. The van der Waals surface area contributed by atoms with Crippen molar-refractivity contribution in [3.63, 3.8) is 0 Å². The van der Waals surface area contributed by atoms with Gasteiger partial charge in [-0.15, -0.1) is 12.4 Å². The lowest BCUT2D eigenvalue weighted by molar-refractivity contribution is 0.0784. The summed E-state index contributed by atoms with van der Waals surface area (Å²) in [6, 6.07) is 12.8. The lowest BCUT2D eigenvalue weighted by atomic mass is 9.90. The third-order valence-electron chi connectivity index (χ3n) is 8.37. The van der Waals surface area contributed by atoms with Crippen LogP contribution in [0.3, 0.4) is 0 Å². The zero-order valence-electron chi connectivity index (χ0n) is 21.1. The van der Waals surface area contributed by atoms with Gasteiger partial charge in [0, 0.05) is 49.9 Å². The van der Waals surface area contributed by atoms with E-state index in [2.05, 4.69) is 68.6 Å². The molecule has 0 radical (unpaired) electrons. The number of carbonyl (C=O) groups excluding carboxylic acids is 1. The van der Waals surface area contributed by atoms with Crippen LogP contribution in [0.4, 0.5) is 5.95 Å². The summed E-state index contributed by atoms with van der Waals surface area (Å²) in [7, 11) is 0. The van der Waals surface area contributed by atoms with Crippen LogP contribution in [-0.2, 0) is 5.41 Å². The molecule has 0 spiro atoms. The Bertz CT molecular complexity index is 1190. The van der Waals surface area contributed by atoms with Crippen molar-refractivity contribution in [1.29, 1.82) is 0 Å². The van der Waals surface area contributed by atoms with E-state index in [9.17, 15) is 4.79 Å². The minimum atomic E-state index is 0. The zero-order chi connectivity index (χ0) is 24.0. The largest absolute Gasteiger partial charge is 0.341 e. The average molecular weight is 507 g/mol. The van der Waals surface area contributed by atoms with E-state index in [4.69, 9.17) is 5.10 Å². The molecular formula is C28H35ClN6O. The highest BCUT2D eigenvalue weighted by molar-refractivity contribution is 5.96. The molecule has 1 amide bonds. The molecule has 2 aromatic heterocycles. The van der Waals surface area contributed by atoms with Gasteiger partial charge in [0.2, 0.25) is 5.95 Å². The van der Waals surface area contributed by atoms with Crippen molar-refractivity contribution in [2.75, 3.05) is 31.1 Å². The maximum Gasteiger partial charge on any atom is 0.257 e. The van der Waals surface area contributed by atoms with E-state index < -0.39 is 0 Å². The normalized spacial score (nSPS) is 23.4. The molecule has 0 bridgehead atoms. The topological polar surface area (TPSA) is 67.2 Å². The van der Waals surface area contributed by atoms with Crippen LogP contribution in [-0.4, -0.2) is 56.7 Å². The fraction of sp³-hybridized carbons (Fsp3) is 0.500. The molecule has 8 heteroatoms. The summed E-state index contributed by atoms with van der Waals surface area (Å²) in [5.74, 6) is 1.79. The van der Waals surface area contributed by atoms with Crippen LogP contribution in [0.1, 0.15) is 73.1 Å². The standard InChI is InChI=1S/C28H34N6O.ClH/c1-20-18-33(19-24(20)21-7-4-3-5-8-21)26(35)23-17-31-34(25(23)28(2)11-12-28)22-9-15-32(16-10-22)27-29-13-6-14-30-27;/h3-8,13-14,17,20,22,24H,9-12,15-16,18-19H2,1-2H3;1H. The molecule has 1 aliphatic carbocycles. The first kappa shape index (κ1) is 24.8. The summed E-state index contributed by atoms with van der Waals surface area (Å²) >= 11 is 0. The first-order valence-corrected chi connectivity index (χ1v) is 13.0. The number of anilines is 1. The molecule has 3 fully saturated rings. The van der Waals surface area contributed by atoms with Gasteiger partial charge in [0.25, 0.3) is 5.91 Å². The highest BCUT2D eigenvalue weighted by Crippen LogP contribution is 2.50. The molecule has 4 heterocycles. The number of likely N-dealkylation sites (tertiary alicyclic amines) is 1. The zero-order valence-corrected chi connectivity index (χ0v) is 21.9. The minimum absolute atomic E-state index is 0. The van der Waals surface area contributed by atoms with E-state index in [-0.39, 0.29) is 23.7 Å². The van der Waals surface area contributed by atoms with Crippen LogP contribution in [0.15, 0.2) is 55.0 Å². The Balaban J connectivity index is 0.00000267. The molecule has 0 N–H and O–H groups in total. The van der Waals surface area contributed by atoms with Crippen molar-refractivity contribution in [2.24, 2.45) is 5.92 Å². The van der Waals surface area contributed by atoms with Gasteiger partial charge in [-0.25, -0.2) is 9.97 Å². The molecule has 2 aliphatic heterocycles. The van der Waals surface area contributed by atoms with Gasteiger partial charge in [0.1, 0.15) is 0 Å². The monoisotopic (exact) mass is 506 g/mol. The second kappa shape index (κ2) is 9.85. The third kappa shape index (κ3) is 4.49. The summed E-state index contributed by atoms with van der Waals surface area (Å²) in [6.45, 7) is 7.94. The number of rotatable bonds is 5. The number of aromatic nitrogens is 4. The number of benzene rings is 1. The Labute approximate surface area is 219 Å². The van der Waals surface area contributed by atoms with E-state index in [0.717, 1.165) is 69.1 Å². The molecule has 36 heavy (non-hydrogen) atoms. The highest BCUT2D eigenvalue weighted by atomic mass is 35.5.